The lowest BCUT2D eigenvalue weighted by Crippen LogP contribution is -2.43. The van der Waals surface area contributed by atoms with Gasteiger partial charge in [-0.05, 0) is 37.0 Å². The van der Waals surface area contributed by atoms with Crippen molar-refractivity contribution in [3.8, 4) is 0 Å². The van der Waals surface area contributed by atoms with Crippen LogP contribution in [0.5, 0.6) is 0 Å². The Kier molecular flexibility index (Phi) is 4.39. The zero-order valence-corrected chi connectivity index (χ0v) is 15.0. The molecule has 0 saturated carbocycles. The number of nitrogens with zero attached hydrogens (tertiary/aromatic N) is 5. The standard InChI is InChI=1S/C17H21N5O2S/c1-13-15(19-20-25-13)16(23)22-8-9-24-12-17(11-22)5-7-21(10-17)14-4-2-3-6-18-14/h2-4,6H,5,7-12H2,1H3/t17-/m0/s1. The summed E-state index contributed by atoms with van der Waals surface area (Å²) >= 11 is 1.27. The van der Waals surface area contributed by atoms with Crippen LogP contribution in [0.2, 0.25) is 0 Å². The molecule has 2 aliphatic heterocycles. The van der Waals surface area contributed by atoms with Gasteiger partial charge in [-0.3, -0.25) is 4.79 Å². The molecule has 132 valence electrons. The van der Waals surface area contributed by atoms with Crippen LogP contribution >= 0.6 is 11.5 Å². The van der Waals surface area contributed by atoms with Gasteiger partial charge in [-0.1, -0.05) is 10.6 Å². The Labute approximate surface area is 150 Å². The number of aryl methyl sites for hydroxylation is 1. The third kappa shape index (κ3) is 3.23. The summed E-state index contributed by atoms with van der Waals surface area (Å²) in [6, 6.07) is 5.96. The third-order valence-electron chi connectivity index (χ3n) is 4.99. The van der Waals surface area contributed by atoms with Crippen LogP contribution in [0.4, 0.5) is 5.82 Å². The first-order valence-corrected chi connectivity index (χ1v) is 9.26. The van der Waals surface area contributed by atoms with E-state index in [1.54, 1.807) is 0 Å². The molecule has 2 fully saturated rings. The van der Waals surface area contributed by atoms with Crippen LogP contribution in [0.25, 0.3) is 0 Å². The molecule has 25 heavy (non-hydrogen) atoms. The highest BCUT2D eigenvalue weighted by molar-refractivity contribution is 7.05. The third-order valence-corrected chi connectivity index (χ3v) is 5.62. The monoisotopic (exact) mass is 359 g/mol. The summed E-state index contributed by atoms with van der Waals surface area (Å²) in [6.07, 6.45) is 2.80. The van der Waals surface area contributed by atoms with Crippen molar-refractivity contribution in [2.24, 2.45) is 5.41 Å². The predicted molar refractivity (Wildman–Crippen MR) is 94.9 cm³/mol. The van der Waals surface area contributed by atoms with E-state index in [0.29, 0.717) is 32.0 Å². The van der Waals surface area contributed by atoms with Crippen LogP contribution < -0.4 is 4.90 Å². The molecular weight excluding hydrogens is 338 g/mol. The van der Waals surface area contributed by atoms with Crippen LogP contribution in [0, 0.1) is 12.3 Å². The summed E-state index contributed by atoms with van der Waals surface area (Å²) < 4.78 is 9.77. The van der Waals surface area contributed by atoms with Crippen molar-refractivity contribution in [2.45, 2.75) is 13.3 Å². The summed E-state index contributed by atoms with van der Waals surface area (Å²) in [5, 5.41) is 4.02. The van der Waals surface area contributed by atoms with Gasteiger partial charge in [-0.15, -0.1) is 5.10 Å². The SMILES string of the molecule is Cc1snnc1C(=O)N1CCOC[C@]2(CCN(c3ccccn3)C2)C1. The van der Waals surface area contributed by atoms with Crippen LogP contribution in [-0.2, 0) is 4.74 Å². The summed E-state index contributed by atoms with van der Waals surface area (Å²) in [5.74, 6) is 0.952. The quantitative estimate of drug-likeness (QED) is 0.811. The van der Waals surface area contributed by atoms with Gasteiger partial charge in [-0.25, -0.2) is 4.98 Å². The molecular formula is C17H21N5O2S. The van der Waals surface area contributed by atoms with E-state index in [1.165, 1.54) is 11.5 Å². The van der Waals surface area contributed by atoms with Crippen molar-refractivity contribution in [2.75, 3.05) is 44.3 Å². The first-order chi connectivity index (χ1) is 12.2. The molecule has 0 bridgehead atoms. The molecule has 2 aliphatic rings. The maximum atomic E-state index is 12.9. The Hall–Kier alpha value is -2.06. The van der Waals surface area contributed by atoms with Crippen molar-refractivity contribution in [1.29, 1.82) is 0 Å². The Balaban J connectivity index is 1.52. The lowest BCUT2D eigenvalue weighted by atomic mass is 9.87. The number of aromatic nitrogens is 3. The topological polar surface area (TPSA) is 71.5 Å². The fraction of sp³-hybridized carbons (Fsp3) is 0.529. The summed E-state index contributed by atoms with van der Waals surface area (Å²) in [5.41, 5.74) is 0.419. The number of hydrogen-bond donors (Lipinski definition) is 0. The van der Waals surface area contributed by atoms with Gasteiger partial charge in [0.1, 0.15) is 5.82 Å². The van der Waals surface area contributed by atoms with Crippen LogP contribution in [0.3, 0.4) is 0 Å². The van der Waals surface area contributed by atoms with Gasteiger partial charge >= 0.3 is 0 Å². The highest BCUT2D eigenvalue weighted by Crippen LogP contribution is 2.35. The molecule has 4 heterocycles. The summed E-state index contributed by atoms with van der Waals surface area (Å²) in [7, 11) is 0. The highest BCUT2D eigenvalue weighted by Gasteiger charge is 2.43. The van der Waals surface area contributed by atoms with Crippen molar-refractivity contribution in [3.05, 3.63) is 35.0 Å². The predicted octanol–water partition coefficient (Wildman–Crippen LogP) is 1.61. The minimum absolute atomic E-state index is 0.0348. The largest absolute Gasteiger partial charge is 0.379 e. The maximum Gasteiger partial charge on any atom is 0.275 e. The second-order valence-corrected chi connectivity index (χ2v) is 7.77. The van der Waals surface area contributed by atoms with Gasteiger partial charge < -0.3 is 14.5 Å². The van der Waals surface area contributed by atoms with Crippen molar-refractivity contribution >= 4 is 23.3 Å². The van der Waals surface area contributed by atoms with E-state index in [9.17, 15) is 4.79 Å². The van der Waals surface area contributed by atoms with Crippen molar-refractivity contribution in [1.82, 2.24) is 19.5 Å². The van der Waals surface area contributed by atoms with Gasteiger partial charge in [0.25, 0.3) is 5.91 Å². The fourth-order valence-electron chi connectivity index (χ4n) is 3.66. The molecule has 1 spiro atoms. The van der Waals surface area contributed by atoms with Gasteiger partial charge in [0, 0.05) is 37.8 Å². The summed E-state index contributed by atoms with van der Waals surface area (Å²) in [4.78, 5) is 22.4. The van der Waals surface area contributed by atoms with E-state index in [4.69, 9.17) is 4.74 Å². The van der Waals surface area contributed by atoms with Crippen LogP contribution in [0.1, 0.15) is 21.8 Å². The lowest BCUT2D eigenvalue weighted by Gasteiger charge is -2.31. The number of pyridine rings is 1. The Bertz CT molecular complexity index is 753. The first-order valence-electron chi connectivity index (χ1n) is 8.49. The maximum absolute atomic E-state index is 12.9. The smallest absolute Gasteiger partial charge is 0.275 e. The average Bonchev–Trinajstić information content (AvgIpc) is 3.18. The zero-order chi connectivity index (χ0) is 17.3. The van der Waals surface area contributed by atoms with E-state index >= 15 is 0 Å². The number of amides is 1. The Morgan fingerprint density at radius 3 is 3.00 bits per heavy atom. The van der Waals surface area contributed by atoms with Crippen LogP contribution in [0.15, 0.2) is 24.4 Å². The molecule has 0 N–H and O–H groups in total. The Morgan fingerprint density at radius 1 is 1.32 bits per heavy atom. The zero-order valence-electron chi connectivity index (χ0n) is 14.2. The second kappa shape index (κ2) is 6.68. The molecule has 7 nitrogen and oxygen atoms in total. The summed E-state index contributed by atoms with van der Waals surface area (Å²) in [6.45, 7) is 6.19. The van der Waals surface area contributed by atoms with Gasteiger partial charge in [-0.2, -0.15) is 0 Å². The Morgan fingerprint density at radius 2 is 2.24 bits per heavy atom. The molecule has 1 amide bonds. The van der Waals surface area contributed by atoms with Crippen molar-refractivity contribution < 1.29 is 9.53 Å². The minimum Gasteiger partial charge on any atom is -0.379 e. The fourth-order valence-corrected chi connectivity index (χ4v) is 4.12. The molecule has 8 heteroatoms. The molecule has 0 unspecified atom stereocenters. The minimum atomic E-state index is -0.0545. The van der Waals surface area contributed by atoms with Gasteiger partial charge in [0.05, 0.1) is 18.1 Å². The second-order valence-electron chi connectivity index (χ2n) is 6.82. The first kappa shape index (κ1) is 16.4. The van der Waals surface area contributed by atoms with Crippen molar-refractivity contribution in [3.63, 3.8) is 0 Å². The molecule has 2 aromatic heterocycles. The molecule has 2 aromatic rings. The number of carbonyl (C=O) groups excluding carboxylic acids is 1. The lowest BCUT2D eigenvalue weighted by molar-refractivity contribution is 0.0685. The highest BCUT2D eigenvalue weighted by atomic mass is 32.1. The number of carbonyl (C=O) groups is 1. The van der Waals surface area contributed by atoms with E-state index in [2.05, 4.69) is 19.5 Å². The molecule has 0 aromatic carbocycles. The molecule has 2 saturated heterocycles. The normalized spacial score (nSPS) is 23.9. The molecule has 0 radical (unpaired) electrons. The van der Waals surface area contributed by atoms with Gasteiger partial charge in [0.15, 0.2) is 5.69 Å². The van der Waals surface area contributed by atoms with E-state index in [0.717, 1.165) is 30.2 Å². The number of hydrogen-bond acceptors (Lipinski definition) is 7. The average molecular weight is 359 g/mol. The molecule has 4 rings (SSSR count). The molecule has 0 aliphatic carbocycles. The van der Waals surface area contributed by atoms with E-state index in [-0.39, 0.29) is 11.3 Å². The van der Waals surface area contributed by atoms with Gasteiger partial charge in [0.2, 0.25) is 0 Å². The van der Waals surface area contributed by atoms with E-state index < -0.39 is 0 Å². The molecule has 1 atom stereocenters. The van der Waals surface area contributed by atoms with E-state index in [1.807, 2.05) is 36.2 Å². The number of anilines is 1. The van der Waals surface area contributed by atoms with Crippen LogP contribution in [-0.4, -0.2) is 64.8 Å². The number of rotatable bonds is 2. The number of ether oxygens (including phenoxy) is 1.